The second-order valence-corrected chi connectivity index (χ2v) is 22.3. The summed E-state index contributed by atoms with van der Waals surface area (Å²) in [7, 11) is 6.18. The Hall–Kier alpha value is -6.65. The number of fused-ring (bicyclic) bond motifs is 10. The van der Waals surface area contributed by atoms with E-state index in [9.17, 15) is 19.2 Å². The van der Waals surface area contributed by atoms with E-state index < -0.39 is 4.75 Å². The first kappa shape index (κ1) is 51.7. The van der Waals surface area contributed by atoms with E-state index in [0.717, 1.165) is 57.6 Å². The summed E-state index contributed by atoms with van der Waals surface area (Å²) >= 11 is 0. The summed E-state index contributed by atoms with van der Waals surface area (Å²) < 4.78 is 23.7. The summed E-state index contributed by atoms with van der Waals surface area (Å²) in [6, 6.07) is 26.5. The number of carbonyl (C=O) groups is 4. The van der Waals surface area contributed by atoms with Crippen molar-refractivity contribution in [2.24, 2.45) is 4.99 Å². The highest BCUT2D eigenvalue weighted by Gasteiger charge is 2.38. The molecule has 0 aromatic heterocycles. The number of methoxy groups -OCH3 is 2. The number of benzene rings is 5. The number of carbonyl (C=O) groups excluding carboxylic acids is 4. The summed E-state index contributed by atoms with van der Waals surface area (Å²) in [5.74, 6) is 1.49. The Labute approximate surface area is 430 Å². The van der Waals surface area contributed by atoms with E-state index in [1.807, 2.05) is 98.5 Å². The Morgan fingerprint density at radius 1 is 0.875 bits per heavy atom. The maximum atomic E-state index is 14.1. The molecule has 378 valence electrons. The Morgan fingerprint density at radius 2 is 1.67 bits per heavy atom. The minimum Gasteiger partial charge on any atom is -0.493 e. The number of nitrogens with one attached hydrogen (secondary N) is 3. The molecule has 0 aliphatic carbocycles. The molecule has 3 atom stereocenters. The highest BCUT2D eigenvalue weighted by molar-refractivity contribution is 8.77. The molecule has 0 spiro atoms. The number of ether oxygens (including phenoxy) is 4. The molecule has 14 nitrogen and oxygen atoms in total. The van der Waals surface area contributed by atoms with Crippen LogP contribution in [0.2, 0.25) is 0 Å². The van der Waals surface area contributed by atoms with Gasteiger partial charge < -0.3 is 44.7 Å². The van der Waals surface area contributed by atoms with Crippen LogP contribution in [0.5, 0.6) is 23.0 Å². The highest BCUT2D eigenvalue weighted by Crippen LogP contribution is 2.43. The largest absolute Gasteiger partial charge is 0.493 e. The molecule has 4 aliphatic rings. The third kappa shape index (κ3) is 11.7. The van der Waals surface area contributed by atoms with Crippen molar-refractivity contribution >= 4 is 80.4 Å². The number of amides is 4. The first-order chi connectivity index (χ1) is 34.7. The average molecular weight is 1010 g/mol. The van der Waals surface area contributed by atoms with E-state index in [1.165, 1.54) is 17.2 Å². The fraction of sp³-hybridized carbons (Fsp3) is 0.375. The van der Waals surface area contributed by atoms with E-state index in [-0.39, 0.29) is 48.3 Å². The lowest BCUT2D eigenvalue weighted by molar-refractivity contribution is -0.121. The number of rotatable bonds is 6. The molecule has 7 bridgehead atoms. The van der Waals surface area contributed by atoms with Gasteiger partial charge in [-0.15, -0.1) is 0 Å². The van der Waals surface area contributed by atoms with Crippen LogP contribution in [0, 0.1) is 6.92 Å². The lowest BCUT2D eigenvalue weighted by Crippen LogP contribution is -2.39. The molecule has 2 unspecified atom stereocenters. The van der Waals surface area contributed by atoms with Crippen molar-refractivity contribution in [3.8, 4) is 23.0 Å². The number of aryl methyl sites for hydroxylation is 1. The van der Waals surface area contributed by atoms with Crippen LogP contribution in [0.4, 0.5) is 28.4 Å². The van der Waals surface area contributed by atoms with Crippen LogP contribution in [-0.4, -0.2) is 73.2 Å². The molecule has 5 aromatic rings. The molecular formula is C56H64N6O8S2. The van der Waals surface area contributed by atoms with E-state index in [4.69, 9.17) is 23.9 Å². The molecule has 0 saturated heterocycles. The first-order valence-electron chi connectivity index (χ1n) is 24.5. The number of anilines is 4. The average Bonchev–Trinajstić information content (AvgIpc) is 3.89. The van der Waals surface area contributed by atoms with Gasteiger partial charge in [-0.25, -0.2) is 0 Å². The van der Waals surface area contributed by atoms with Gasteiger partial charge in [0.2, 0.25) is 18.2 Å². The van der Waals surface area contributed by atoms with Crippen molar-refractivity contribution in [2.75, 3.05) is 41.2 Å². The van der Waals surface area contributed by atoms with Crippen LogP contribution >= 0.6 is 21.6 Å². The summed E-state index contributed by atoms with van der Waals surface area (Å²) in [6.07, 6.45) is 6.18. The predicted molar refractivity (Wildman–Crippen MR) is 290 cm³/mol. The maximum absolute atomic E-state index is 14.1. The molecule has 3 N–H and O–H groups in total. The van der Waals surface area contributed by atoms with Gasteiger partial charge in [-0.1, -0.05) is 79.1 Å². The summed E-state index contributed by atoms with van der Waals surface area (Å²) in [4.78, 5) is 62.0. The van der Waals surface area contributed by atoms with Gasteiger partial charge in [0.15, 0.2) is 23.0 Å². The minimum absolute atomic E-state index is 0.0265. The van der Waals surface area contributed by atoms with Crippen LogP contribution in [-0.2, 0) is 47.0 Å². The van der Waals surface area contributed by atoms with Crippen molar-refractivity contribution in [3.63, 3.8) is 0 Å². The van der Waals surface area contributed by atoms with Gasteiger partial charge in [-0.05, 0) is 109 Å². The first-order valence-corrected chi connectivity index (χ1v) is 26.7. The topological polar surface area (TPSA) is 160 Å². The Morgan fingerprint density at radius 3 is 2.44 bits per heavy atom. The number of aliphatic imine (C=N–C) groups is 1. The SMILES string of the molecule is CCC.COc1cc(C)c2cc1OCc1cc(COc3cc4c(cc3OC)C(=O)N3c5ccccc5CC3CN4)cc(c1)NC(=O)C(C)(C)SSC(C)CCC(=O)NCc1ccc3c(c1)C[C@@H](C=N2)N3C=O. The van der Waals surface area contributed by atoms with Gasteiger partial charge in [-0.2, -0.15) is 0 Å². The second-order valence-electron chi connectivity index (χ2n) is 19.0. The summed E-state index contributed by atoms with van der Waals surface area (Å²) in [6.45, 7) is 13.2. The van der Waals surface area contributed by atoms with Gasteiger partial charge in [0.05, 0.1) is 48.0 Å². The predicted octanol–water partition coefficient (Wildman–Crippen LogP) is 10.8. The molecule has 0 saturated carbocycles. The number of nitrogens with zero attached hydrogens (tertiary/aromatic N) is 3. The van der Waals surface area contributed by atoms with E-state index in [1.54, 1.807) is 42.2 Å². The smallest absolute Gasteiger partial charge is 0.260 e. The second kappa shape index (κ2) is 22.8. The van der Waals surface area contributed by atoms with Crippen LogP contribution in [0.3, 0.4) is 0 Å². The lowest BCUT2D eigenvalue weighted by atomic mass is 10.1. The van der Waals surface area contributed by atoms with Crippen molar-refractivity contribution in [1.29, 1.82) is 0 Å². The molecule has 4 amide bonds. The molecule has 16 heteroatoms. The quantitative estimate of drug-likeness (QED) is 0.110. The zero-order chi connectivity index (χ0) is 51.1. The number of hydrogen-bond acceptors (Lipinski definition) is 12. The zero-order valence-corrected chi connectivity index (χ0v) is 43.9. The summed E-state index contributed by atoms with van der Waals surface area (Å²) in [5.41, 5.74) is 9.54. The third-order valence-corrected chi connectivity index (χ3v) is 16.7. The lowest BCUT2D eigenvalue weighted by Gasteiger charge is -2.24. The fourth-order valence-corrected chi connectivity index (χ4v) is 11.6. The monoisotopic (exact) mass is 1010 g/mol. The van der Waals surface area contributed by atoms with Crippen LogP contribution in [0.25, 0.3) is 0 Å². The van der Waals surface area contributed by atoms with Crippen molar-refractivity contribution in [1.82, 2.24) is 5.32 Å². The van der Waals surface area contributed by atoms with Crippen LogP contribution < -0.4 is 44.7 Å². The van der Waals surface area contributed by atoms with Crippen LogP contribution in [0.15, 0.2) is 89.9 Å². The van der Waals surface area contributed by atoms with Crippen LogP contribution in [0.1, 0.15) is 97.6 Å². The molecule has 0 fully saturated rings. The Balaban J connectivity index is 0.00000226. The minimum atomic E-state index is -0.843. The molecule has 4 heterocycles. The van der Waals surface area contributed by atoms with E-state index >= 15 is 0 Å². The standard InChI is InChI=1S/C53H56N6O8S2.C3H8/c1-31-15-46(64-5)48-23-42(31)54-26-39-21-37-17-33(12-13-44(37)58(39)30-60)25-56-50(61)14-11-32(2)68-69-53(3,4)52(63)57-38-18-34(28-66-48)16-35(19-38)29-67-49-24-43-41(22-47(49)65-6)51(62)59-40(27-55-43)20-36-9-7-8-10-45(36)59;1-3-2/h7-10,12-13,15-19,22-24,26,30,32,39-40,55H,11,14,20-21,25,27-29H2,1-6H3,(H,56,61)(H,57,63);3H2,1-2H3/t32?,39-,40?;/m0./s1. The maximum Gasteiger partial charge on any atom is 0.260 e. The van der Waals surface area contributed by atoms with Gasteiger partial charge in [-0.3, -0.25) is 24.2 Å². The molecule has 0 radical (unpaired) electrons. The van der Waals surface area contributed by atoms with Gasteiger partial charge in [0.25, 0.3) is 5.91 Å². The third-order valence-electron chi connectivity index (χ3n) is 12.9. The Kier molecular flexibility index (Phi) is 16.4. The van der Waals surface area contributed by atoms with Crippen molar-refractivity contribution < 1.29 is 38.1 Å². The van der Waals surface area contributed by atoms with E-state index in [2.05, 4.69) is 42.8 Å². The van der Waals surface area contributed by atoms with Gasteiger partial charge in [0, 0.05) is 66.6 Å². The fourth-order valence-electron chi connectivity index (χ4n) is 9.08. The van der Waals surface area contributed by atoms with Crippen molar-refractivity contribution in [3.05, 3.63) is 124 Å². The van der Waals surface area contributed by atoms with Gasteiger partial charge >= 0.3 is 0 Å². The normalized spacial score (nSPS) is 19.4. The summed E-state index contributed by atoms with van der Waals surface area (Å²) in [5, 5.41) is 9.80. The molecular weight excluding hydrogens is 949 g/mol. The van der Waals surface area contributed by atoms with E-state index in [0.29, 0.717) is 78.0 Å². The Bertz CT molecular complexity index is 2870. The molecule has 5 aromatic carbocycles. The number of para-hydroxylation sites is 1. The van der Waals surface area contributed by atoms with Crippen molar-refractivity contribution in [2.45, 2.75) is 115 Å². The zero-order valence-electron chi connectivity index (χ0n) is 42.3. The highest BCUT2D eigenvalue weighted by atomic mass is 33.1. The molecule has 4 aliphatic heterocycles. The van der Waals surface area contributed by atoms with Gasteiger partial charge in [0.1, 0.15) is 13.2 Å². The molecule has 72 heavy (non-hydrogen) atoms. The molecule has 9 rings (SSSR count). The number of hydrogen-bond donors (Lipinski definition) is 3.